The Bertz CT molecular complexity index is 554. The van der Waals surface area contributed by atoms with Gasteiger partial charge in [-0.15, -0.1) is 0 Å². The fourth-order valence-corrected chi connectivity index (χ4v) is 3.33. The highest BCUT2D eigenvalue weighted by Gasteiger charge is 2.17. The van der Waals surface area contributed by atoms with Gasteiger partial charge in [-0.05, 0) is 25.0 Å². The smallest absolute Gasteiger partial charge is 0.306 e. The standard InChI is InChI=1S/C14H21NO4S/c1-3-10-20(18,19)13-7-5-4-6-12(13)15-9-8-11(2)14(16)17/h4-7,11,15H,3,8-10H2,1-2H3,(H,16,17). The zero-order chi connectivity index (χ0) is 15.2. The first kappa shape index (κ1) is 16.5. The summed E-state index contributed by atoms with van der Waals surface area (Å²) < 4.78 is 24.2. The van der Waals surface area contributed by atoms with Crippen LogP contribution >= 0.6 is 0 Å². The minimum atomic E-state index is -3.29. The molecule has 0 heterocycles. The van der Waals surface area contributed by atoms with Crippen LogP contribution in [0.3, 0.4) is 0 Å². The second-order valence-electron chi connectivity index (χ2n) is 4.77. The van der Waals surface area contributed by atoms with Crippen molar-refractivity contribution in [3.8, 4) is 0 Å². The van der Waals surface area contributed by atoms with Gasteiger partial charge in [0, 0.05) is 6.54 Å². The Balaban J connectivity index is 2.79. The second kappa shape index (κ2) is 7.28. The van der Waals surface area contributed by atoms with Crippen LogP contribution in [0.4, 0.5) is 5.69 Å². The van der Waals surface area contributed by atoms with Crippen molar-refractivity contribution in [1.82, 2.24) is 0 Å². The predicted molar refractivity (Wildman–Crippen MR) is 78.7 cm³/mol. The third-order valence-electron chi connectivity index (χ3n) is 3.01. The molecular formula is C14H21NO4S. The number of rotatable bonds is 8. The van der Waals surface area contributed by atoms with Crippen LogP contribution in [-0.2, 0) is 14.6 Å². The van der Waals surface area contributed by atoms with Gasteiger partial charge >= 0.3 is 5.97 Å². The fraction of sp³-hybridized carbons (Fsp3) is 0.500. The normalized spacial score (nSPS) is 12.9. The summed E-state index contributed by atoms with van der Waals surface area (Å²) in [7, 11) is -3.29. The predicted octanol–water partition coefficient (Wildman–Crippen LogP) is 2.39. The molecule has 0 aliphatic carbocycles. The van der Waals surface area contributed by atoms with E-state index in [4.69, 9.17) is 5.11 Å². The second-order valence-corrected chi connectivity index (χ2v) is 6.85. The molecule has 0 spiro atoms. The third-order valence-corrected chi connectivity index (χ3v) is 4.98. The summed E-state index contributed by atoms with van der Waals surface area (Å²) in [5.74, 6) is -1.20. The van der Waals surface area contributed by atoms with Gasteiger partial charge in [0.15, 0.2) is 9.84 Å². The van der Waals surface area contributed by atoms with Crippen LogP contribution in [0, 0.1) is 5.92 Å². The van der Waals surface area contributed by atoms with Crippen LogP contribution in [-0.4, -0.2) is 31.8 Å². The van der Waals surface area contributed by atoms with Gasteiger partial charge in [0.1, 0.15) is 0 Å². The lowest BCUT2D eigenvalue weighted by Gasteiger charge is -2.13. The summed E-state index contributed by atoms with van der Waals surface area (Å²) in [4.78, 5) is 11.0. The number of carboxylic acid groups (broad SMARTS) is 1. The Morgan fingerprint density at radius 3 is 2.60 bits per heavy atom. The molecule has 5 nitrogen and oxygen atoms in total. The van der Waals surface area contributed by atoms with Crippen molar-refractivity contribution in [1.29, 1.82) is 0 Å². The van der Waals surface area contributed by atoms with Crippen LogP contribution in [0.25, 0.3) is 0 Å². The molecule has 0 bridgehead atoms. The molecule has 1 aromatic rings. The van der Waals surface area contributed by atoms with E-state index in [1.54, 1.807) is 31.2 Å². The molecule has 0 amide bonds. The number of sulfone groups is 1. The van der Waals surface area contributed by atoms with Crippen molar-refractivity contribution in [2.45, 2.75) is 31.6 Å². The molecule has 1 unspecified atom stereocenters. The summed E-state index contributed by atoms with van der Waals surface area (Å²) in [6.45, 7) is 3.87. The lowest BCUT2D eigenvalue weighted by Crippen LogP contribution is -2.16. The summed E-state index contributed by atoms with van der Waals surface area (Å²) in [6.07, 6.45) is 1.00. The molecule has 20 heavy (non-hydrogen) atoms. The lowest BCUT2D eigenvalue weighted by molar-refractivity contribution is -0.141. The van der Waals surface area contributed by atoms with Gasteiger partial charge in [-0.3, -0.25) is 4.79 Å². The number of hydrogen-bond acceptors (Lipinski definition) is 4. The molecule has 0 aromatic heterocycles. The van der Waals surface area contributed by atoms with E-state index in [9.17, 15) is 13.2 Å². The van der Waals surface area contributed by atoms with Crippen LogP contribution < -0.4 is 5.32 Å². The van der Waals surface area contributed by atoms with E-state index in [-0.39, 0.29) is 10.6 Å². The Kier molecular flexibility index (Phi) is 6.01. The Hall–Kier alpha value is -1.56. The van der Waals surface area contributed by atoms with E-state index in [0.717, 1.165) is 0 Å². The molecule has 0 saturated carbocycles. The Morgan fingerprint density at radius 2 is 2.00 bits per heavy atom. The fourth-order valence-electron chi connectivity index (χ4n) is 1.81. The molecule has 0 aliphatic rings. The molecule has 112 valence electrons. The lowest BCUT2D eigenvalue weighted by atomic mass is 10.1. The van der Waals surface area contributed by atoms with Crippen molar-refractivity contribution < 1.29 is 18.3 Å². The van der Waals surface area contributed by atoms with E-state index in [1.165, 1.54) is 0 Å². The zero-order valence-electron chi connectivity index (χ0n) is 11.8. The van der Waals surface area contributed by atoms with Gasteiger partial charge in [-0.25, -0.2) is 8.42 Å². The summed E-state index contributed by atoms with van der Waals surface area (Å²) in [5, 5.41) is 11.8. The maximum atomic E-state index is 12.1. The Labute approximate surface area is 119 Å². The molecule has 2 N–H and O–H groups in total. The first-order valence-electron chi connectivity index (χ1n) is 6.67. The number of anilines is 1. The topological polar surface area (TPSA) is 83.5 Å². The van der Waals surface area contributed by atoms with E-state index in [2.05, 4.69) is 5.32 Å². The number of aliphatic carboxylic acids is 1. The summed E-state index contributed by atoms with van der Waals surface area (Å²) in [5.41, 5.74) is 0.540. The molecular weight excluding hydrogens is 278 g/mol. The number of para-hydroxylation sites is 1. The molecule has 1 atom stereocenters. The maximum Gasteiger partial charge on any atom is 0.306 e. The minimum Gasteiger partial charge on any atom is -0.481 e. The molecule has 1 aromatic carbocycles. The van der Waals surface area contributed by atoms with Crippen molar-refractivity contribution in [3.63, 3.8) is 0 Å². The molecule has 1 rings (SSSR count). The summed E-state index contributed by atoms with van der Waals surface area (Å²) >= 11 is 0. The summed E-state index contributed by atoms with van der Waals surface area (Å²) in [6, 6.07) is 6.73. The molecule has 0 aliphatic heterocycles. The minimum absolute atomic E-state index is 0.108. The van der Waals surface area contributed by atoms with Gasteiger partial charge in [0.2, 0.25) is 0 Å². The van der Waals surface area contributed by atoms with Gasteiger partial charge in [0.05, 0.1) is 22.3 Å². The van der Waals surface area contributed by atoms with Crippen molar-refractivity contribution in [3.05, 3.63) is 24.3 Å². The van der Waals surface area contributed by atoms with E-state index >= 15 is 0 Å². The van der Waals surface area contributed by atoms with Crippen LogP contribution in [0.2, 0.25) is 0 Å². The third kappa shape index (κ3) is 4.52. The largest absolute Gasteiger partial charge is 0.481 e. The van der Waals surface area contributed by atoms with Crippen LogP contribution in [0.15, 0.2) is 29.2 Å². The quantitative estimate of drug-likeness (QED) is 0.770. The van der Waals surface area contributed by atoms with E-state index in [0.29, 0.717) is 25.1 Å². The number of benzene rings is 1. The SMILES string of the molecule is CCCS(=O)(=O)c1ccccc1NCCC(C)C(=O)O. The van der Waals surface area contributed by atoms with E-state index < -0.39 is 21.7 Å². The van der Waals surface area contributed by atoms with Gasteiger partial charge in [-0.2, -0.15) is 0 Å². The highest BCUT2D eigenvalue weighted by molar-refractivity contribution is 7.91. The molecule has 6 heteroatoms. The number of carbonyl (C=O) groups is 1. The average Bonchev–Trinajstić information content (AvgIpc) is 2.38. The first-order valence-corrected chi connectivity index (χ1v) is 8.32. The van der Waals surface area contributed by atoms with E-state index in [1.807, 2.05) is 6.92 Å². The van der Waals surface area contributed by atoms with Crippen molar-refractivity contribution >= 4 is 21.5 Å². The highest BCUT2D eigenvalue weighted by atomic mass is 32.2. The number of carboxylic acids is 1. The van der Waals surface area contributed by atoms with Crippen molar-refractivity contribution in [2.24, 2.45) is 5.92 Å². The average molecular weight is 299 g/mol. The van der Waals surface area contributed by atoms with Crippen molar-refractivity contribution in [2.75, 3.05) is 17.6 Å². The Morgan fingerprint density at radius 1 is 1.35 bits per heavy atom. The molecule has 0 radical (unpaired) electrons. The van der Waals surface area contributed by atoms with Crippen LogP contribution in [0.1, 0.15) is 26.7 Å². The van der Waals surface area contributed by atoms with Gasteiger partial charge in [-0.1, -0.05) is 26.0 Å². The number of hydrogen-bond donors (Lipinski definition) is 2. The van der Waals surface area contributed by atoms with Gasteiger partial charge in [0.25, 0.3) is 0 Å². The van der Waals surface area contributed by atoms with Gasteiger partial charge < -0.3 is 10.4 Å². The molecule has 0 fully saturated rings. The number of nitrogens with one attached hydrogen (secondary N) is 1. The van der Waals surface area contributed by atoms with Crippen LogP contribution in [0.5, 0.6) is 0 Å². The first-order chi connectivity index (χ1) is 9.38. The highest BCUT2D eigenvalue weighted by Crippen LogP contribution is 2.22. The molecule has 0 saturated heterocycles. The zero-order valence-corrected chi connectivity index (χ0v) is 12.6. The maximum absolute atomic E-state index is 12.1. The monoisotopic (exact) mass is 299 g/mol.